The molecule has 1 aromatic heterocycles. The first kappa shape index (κ1) is 16.2. The number of aromatic nitrogens is 2. The Bertz CT molecular complexity index is 573. The van der Waals surface area contributed by atoms with Crippen LogP contribution in [0, 0.1) is 18.8 Å². The maximum absolute atomic E-state index is 12.4. The van der Waals surface area contributed by atoms with Crippen LogP contribution in [0.1, 0.15) is 54.7 Å². The molecule has 2 unspecified atom stereocenters. The fourth-order valence-electron chi connectivity index (χ4n) is 3.42. The third-order valence-corrected chi connectivity index (χ3v) is 5.15. The van der Waals surface area contributed by atoms with Gasteiger partial charge in [-0.15, -0.1) is 0 Å². The smallest absolute Gasteiger partial charge is 0.341 e. The van der Waals surface area contributed by atoms with E-state index in [1.165, 1.54) is 0 Å². The van der Waals surface area contributed by atoms with Crippen molar-refractivity contribution >= 4 is 5.97 Å². The van der Waals surface area contributed by atoms with E-state index in [1.807, 2.05) is 11.6 Å². The number of nitrogens with zero attached hydrogens (tertiary/aromatic N) is 2. The molecule has 0 spiro atoms. The van der Waals surface area contributed by atoms with Gasteiger partial charge >= 0.3 is 5.97 Å². The number of hydrogen-bond donors (Lipinski definition) is 0. The molecule has 0 aromatic carbocycles. The standard InChI is InChI=1S/C18H26N2O3/c1-13-5-3-4-6-15(13)12-23-18(21)17-11-19-20(14(17)2)16-7-9-22-10-8-16/h3-4,11,13,15-16H,5-10,12H2,1-2H3. The average molecular weight is 318 g/mol. The Morgan fingerprint density at radius 1 is 1.35 bits per heavy atom. The molecular weight excluding hydrogens is 292 g/mol. The Morgan fingerprint density at radius 2 is 2.09 bits per heavy atom. The number of hydrogen-bond acceptors (Lipinski definition) is 4. The Kier molecular flexibility index (Phi) is 5.16. The number of carbonyl (C=O) groups excluding carboxylic acids is 1. The molecule has 1 fully saturated rings. The van der Waals surface area contributed by atoms with Crippen LogP contribution in [0.2, 0.25) is 0 Å². The maximum atomic E-state index is 12.4. The lowest BCUT2D eigenvalue weighted by Crippen LogP contribution is -2.23. The lowest BCUT2D eigenvalue weighted by molar-refractivity contribution is 0.0393. The van der Waals surface area contributed by atoms with Gasteiger partial charge in [-0.1, -0.05) is 19.1 Å². The molecule has 1 aromatic rings. The molecule has 0 saturated carbocycles. The molecule has 0 bridgehead atoms. The van der Waals surface area contributed by atoms with Crippen molar-refractivity contribution in [1.29, 1.82) is 0 Å². The summed E-state index contributed by atoms with van der Waals surface area (Å²) in [4.78, 5) is 12.4. The third kappa shape index (κ3) is 3.66. The van der Waals surface area contributed by atoms with Crippen LogP contribution in [0.3, 0.4) is 0 Å². The van der Waals surface area contributed by atoms with Crippen molar-refractivity contribution in [2.75, 3.05) is 19.8 Å². The van der Waals surface area contributed by atoms with Gasteiger partial charge in [-0.2, -0.15) is 5.10 Å². The highest BCUT2D eigenvalue weighted by Gasteiger charge is 2.24. The van der Waals surface area contributed by atoms with Crippen molar-refractivity contribution in [3.63, 3.8) is 0 Å². The monoisotopic (exact) mass is 318 g/mol. The highest BCUT2D eigenvalue weighted by molar-refractivity contribution is 5.90. The summed E-state index contributed by atoms with van der Waals surface area (Å²) in [5.74, 6) is 0.746. The number of allylic oxidation sites excluding steroid dienone is 2. The first-order valence-corrected chi connectivity index (χ1v) is 8.60. The van der Waals surface area contributed by atoms with E-state index in [0.717, 1.165) is 44.6 Å². The second kappa shape index (κ2) is 7.30. The minimum Gasteiger partial charge on any atom is -0.462 e. The molecule has 1 aliphatic heterocycles. The van der Waals surface area contributed by atoms with Crippen molar-refractivity contribution in [1.82, 2.24) is 9.78 Å². The van der Waals surface area contributed by atoms with Crippen molar-refractivity contribution in [3.05, 3.63) is 29.6 Å². The largest absolute Gasteiger partial charge is 0.462 e. The zero-order valence-electron chi connectivity index (χ0n) is 14.0. The van der Waals surface area contributed by atoms with Gasteiger partial charge in [-0.3, -0.25) is 4.68 Å². The quantitative estimate of drug-likeness (QED) is 0.631. The van der Waals surface area contributed by atoms with Gasteiger partial charge < -0.3 is 9.47 Å². The molecule has 1 saturated heterocycles. The number of ether oxygens (including phenoxy) is 2. The molecule has 5 heteroatoms. The number of carbonyl (C=O) groups is 1. The molecule has 0 amide bonds. The number of rotatable bonds is 4. The Labute approximate surface area is 137 Å². The van der Waals surface area contributed by atoms with Crippen molar-refractivity contribution in [2.45, 2.75) is 45.6 Å². The van der Waals surface area contributed by atoms with Gasteiger partial charge in [0, 0.05) is 13.2 Å². The summed E-state index contributed by atoms with van der Waals surface area (Å²) in [5.41, 5.74) is 1.49. The van der Waals surface area contributed by atoms with E-state index in [2.05, 4.69) is 24.2 Å². The van der Waals surface area contributed by atoms with Crippen LogP contribution in [-0.4, -0.2) is 35.6 Å². The first-order chi connectivity index (χ1) is 11.2. The van der Waals surface area contributed by atoms with Crippen LogP contribution in [0.4, 0.5) is 0 Å². The summed E-state index contributed by atoms with van der Waals surface area (Å²) in [6, 6.07) is 0.328. The van der Waals surface area contributed by atoms with Gasteiger partial charge in [0.1, 0.15) is 5.56 Å². The van der Waals surface area contributed by atoms with Gasteiger partial charge in [0.05, 0.1) is 24.5 Å². The predicted molar refractivity (Wildman–Crippen MR) is 87.4 cm³/mol. The van der Waals surface area contributed by atoms with Crippen LogP contribution >= 0.6 is 0 Å². The molecule has 23 heavy (non-hydrogen) atoms. The van der Waals surface area contributed by atoms with Gasteiger partial charge in [0.25, 0.3) is 0 Å². The molecule has 5 nitrogen and oxygen atoms in total. The van der Waals surface area contributed by atoms with Crippen LogP contribution in [0.5, 0.6) is 0 Å². The highest BCUT2D eigenvalue weighted by Crippen LogP contribution is 2.26. The van der Waals surface area contributed by atoms with Crippen LogP contribution < -0.4 is 0 Å². The van der Waals surface area contributed by atoms with Gasteiger partial charge in [-0.25, -0.2) is 4.79 Å². The second-order valence-electron chi connectivity index (χ2n) is 6.71. The third-order valence-electron chi connectivity index (χ3n) is 5.15. The lowest BCUT2D eigenvalue weighted by atomic mass is 9.85. The highest BCUT2D eigenvalue weighted by atomic mass is 16.5. The van der Waals surface area contributed by atoms with Crippen LogP contribution in [0.15, 0.2) is 18.3 Å². The van der Waals surface area contributed by atoms with Gasteiger partial charge in [0.15, 0.2) is 0 Å². The van der Waals surface area contributed by atoms with E-state index < -0.39 is 0 Å². The Morgan fingerprint density at radius 3 is 2.83 bits per heavy atom. The minimum absolute atomic E-state index is 0.248. The first-order valence-electron chi connectivity index (χ1n) is 8.60. The molecule has 2 aliphatic rings. The summed E-state index contributed by atoms with van der Waals surface area (Å²) in [6.07, 6.45) is 10.0. The van der Waals surface area contributed by atoms with Gasteiger partial charge in [-0.05, 0) is 44.4 Å². The topological polar surface area (TPSA) is 53.3 Å². The minimum atomic E-state index is -0.248. The van der Waals surface area contributed by atoms with E-state index in [-0.39, 0.29) is 5.97 Å². The summed E-state index contributed by atoms with van der Waals surface area (Å²) in [7, 11) is 0. The molecule has 2 atom stereocenters. The van der Waals surface area contributed by atoms with Gasteiger partial charge in [0.2, 0.25) is 0 Å². The zero-order valence-corrected chi connectivity index (χ0v) is 14.0. The SMILES string of the molecule is Cc1c(C(=O)OCC2CC=CCC2C)cnn1C1CCOCC1. The Hall–Kier alpha value is -1.62. The molecule has 0 radical (unpaired) electrons. The molecule has 126 valence electrons. The zero-order chi connectivity index (χ0) is 16.2. The maximum Gasteiger partial charge on any atom is 0.341 e. The average Bonchev–Trinajstić information content (AvgIpc) is 2.96. The summed E-state index contributed by atoms with van der Waals surface area (Å²) >= 11 is 0. The van der Waals surface area contributed by atoms with E-state index in [9.17, 15) is 4.79 Å². The van der Waals surface area contributed by atoms with Crippen molar-refractivity contribution < 1.29 is 14.3 Å². The van der Waals surface area contributed by atoms with E-state index in [4.69, 9.17) is 9.47 Å². The van der Waals surface area contributed by atoms with E-state index in [1.54, 1.807) is 6.20 Å². The Balaban J connectivity index is 1.61. The predicted octanol–water partition coefficient (Wildman–Crippen LogP) is 3.30. The van der Waals surface area contributed by atoms with E-state index >= 15 is 0 Å². The molecule has 2 heterocycles. The summed E-state index contributed by atoms with van der Waals surface area (Å²) in [5, 5.41) is 4.42. The lowest BCUT2D eigenvalue weighted by Gasteiger charge is -2.25. The summed E-state index contributed by atoms with van der Waals surface area (Å²) < 4.78 is 12.9. The normalized spacial score (nSPS) is 25.5. The van der Waals surface area contributed by atoms with Crippen molar-refractivity contribution in [2.24, 2.45) is 11.8 Å². The second-order valence-corrected chi connectivity index (χ2v) is 6.71. The fraction of sp³-hybridized carbons (Fsp3) is 0.667. The molecule has 0 N–H and O–H groups in total. The summed E-state index contributed by atoms with van der Waals surface area (Å²) in [6.45, 7) is 6.18. The molecule has 1 aliphatic carbocycles. The van der Waals surface area contributed by atoms with Crippen LogP contribution in [-0.2, 0) is 9.47 Å². The van der Waals surface area contributed by atoms with E-state index in [0.29, 0.717) is 30.0 Å². The number of esters is 1. The van der Waals surface area contributed by atoms with Crippen molar-refractivity contribution in [3.8, 4) is 0 Å². The fourth-order valence-corrected chi connectivity index (χ4v) is 3.42. The molecule has 3 rings (SSSR count). The molecular formula is C18H26N2O3. The van der Waals surface area contributed by atoms with Crippen LogP contribution in [0.25, 0.3) is 0 Å².